The van der Waals surface area contributed by atoms with Crippen LogP contribution in [0, 0.1) is 0 Å². The molecule has 0 atom stereocenters. The van der Waals surface area contributed by atoms with Gasteiger partial charge in [-0.2, -0.15) is 0 Å². The second-order valence-corrected chi connectivity index (χ2v) is 5.81. The van der Waals surface area contributed by atoms with Gasteiger partial charge in [0.1, 0.15) is 5.54 Å². The quantitative estimate of drug-likeness (QED) is 0.871. The summed E-state index contributed by atoms with van der Waals surface area (Å²) in [5, 5.41) is 13.8. The van der Waals surface area contributed by atoms with E-state index in [-0.39, 0.29) is 6.03 Å². The lowest BCUT2D eigenvalue weighted by molar-refractivity contribution is -0.146. The fraction of sp³-hybridized carbons (Fsp3) is 0.538. The van der Waals surface area contributed by atoms with Crippen LogP contribution in [0.2, 0.25) is 0 Å². The SMILES string of the molecule is CCc1ccsc1CNC(=O)N(C)C(C)(C)C(=O)O. The van der Waals surface area contributed by atoms with Gasteiger partial charge in [0.05, 0.1) is 6.54 Å². The Morgan fingerprint density at radius 1 is 1.47 bits per heavy atom. The first-order valence-electron chi connectivity index (χ1n) is 6.11. The van der Waals surface area contributed by atoms with Crippen LogP contribution < -0.4 is 5.32 Å². The normalized spacial score (nSPS) is 11.2. The van der Waals surface area contributed by atoms with E-state index in [2.05, 4.69) is 12.2 Å². The molecule has 0 aromatic carbocycles. The topological polar surface area (TPSA) is 69.6 Å². The summed E-state index contributed by atoms with van der Waals surface area (Å²) in [6, 6.07) is 1.65. The number of carboxylic acids is 1. The lowest BCUT2D eigenvalue weighted by Crippen LogP contribution is -2.53. The van der Waals surface area contributed by atoms with E-state index < -0.39 is 11.5 Å². The van der Waals surface area contributed by atoms with Gasteiger partial charge < -0.3 is 15.3 Å². The molecule has 0 radical (unpaired) electrons. The van der Waals surface area contributed by atoms with Crippen molar-refractivity contribution in [3.8, 4) is 0 Å². The molecule has 2 N–H and O–H groups in total. The van der Waals surface area contributed by atoms with Gasteiger partial charge in [0.2, 0.25) is 0 Å². The van der Waals surface area contributed by atoms with Crippen molar-refractivity contribution in [2.24, 2.45) is 0 Å². The third-order valence-electron chi connectivity index (χ3n) is 3.29. The maximum absolute atomic E-state index is 11.9. The monoisotopic (exact) mass is 284 g/mol. The van der Waals surface area contributed by atoms with E-state index in [0.717, 1.165) is 11.3 Å². The van der Waals surface area contributed by atoms with Gasteiger partial charge in [-0.1, -0.05) is 6.92 Å². The molecule has 1 aromatic rings. The van der Waals surface area contributed by atoms with Gasteiger partial charge in [-0.25, -0.2) is 9.59 Å². The van der Waals surface area contributed by atoms with E-state index in [0.29, 0.717) is 6.54 Å². The second-order valence-electron chi connectivity index (χ2n) is 4.80. The van der Waals surface area contributed by atoms with Crippen LogP contribution >= 0.6 is 11.3 Å². The van der Waals surface area contributed by atoms with Crippen molar-refractivity contribution in [1.29, 1.82) is 0 Å². The van der Waals surface area contributed by atoms with Crippen molar-refractivity contribution in [1.82, 2.24) is 10.2 Å². The summed E-state index contributed by atoms with van der Waals surface area (Å²) < 4.78 is 0. The zero-order valence-corrected chi connectivity index (χ0v) is 12.5. The highest BCUT2D eigenvalue weighted by atomic mass is 32.1. The molecule has 0 saturated carbocycles. The minimum Gasteiger partial charge on any atom is -0.480 e. The number of rotatable bonds is 5. The Labute approximate surface area is 117 Å². The molecule has 0 fully saturated rings. The van der Waals surface area contributed by atoms with Crippen molar-refractivity contribution < 1.29 is 14.7 Å². The van der Waals surface area contributed by atoms with Gasteiger partial charge in [0, 0.05) is 11.9 Å². The number of hydrogen-bond acceptors (Lipinski definition) is 3. The van der Waals surface area contributed by atoms with E-state index >= 15 is 0 Å². The first-order chi connectivity index (χ1) is 8.80. The van der Waals surface area contributed by atoms with E-state index in [4.69, 9.17) is 5.11 Å². The predicted molar refractivity (Wildman–Crippen MR) is 75.4 cm³/mol. The second kappa shape index (κ2) is 6.06. The zero-order valence-electron chi connectivity index (χ0n) is 11.7. The van der Waals surface area contributed by atoms with E-state index in [9.17, 15) is 9.59 Å². The Morgan fingerprint density at radius 3 is 2.63 bits per heavy atom. The Morgan fingerprint density at radius 2 is 2.11 bits per heavy atom. The van der Waals surface area contributed by atoms with Crippen LogP contribution in [0.15, 0.2) is 11.4 Å². The van der Waals surface area contributed by atoms with E-state index in [1.807, 2.05) is 11.4 Å². The number of urea groups is 1. The highest BCUT2D eigenvalue weighted by molar-refractivity contribution is 7.10. The summed E-state index contributed by atoms with van der Waals surface area (Å²) in [5.74, 6) is -1.03. The van der Waals surface area contributed by atoms with Crippen molar-refractivity contribution in [2.45, 2.75) is 39.3 Å². The van der Waals surface area contributed by atoms with Crippen molar-refractivity contribution in [3.05, 3.63) is 21.9 Å². The number of nitrogens with zero attached hydrogens (tertiary/aromatic N) is 1. The van der Waals surface area contributed by atoms with Gasteiger partial charge in [-0.05, 0) is 37.3 Å². The molecule has 106 valence electrons. The first-order valence-corrected chi connectivity index (χ1v) is 6.99. The smallest absolute Gasteiger partial charge is 0.329 e. The zero-order chi connectivity index (χ0) is 14.6. The van der Waals surface area contributed by atoms with Gasteiger partial charge in [0.15, 0.2) is 0 Å². The predicted octanol–water partition coefficient (Wildman–Crippen LogP) is 2.32. The number of nitrogens with one attached hydrogen (secondary N) is 1. The highest BCUT2D eigenvalue weighted by Crippen LogP contribution is 2.17. The molecule has 0 aliphatic carbocycles. The minimum absolute atomic E-state index is 0.386. The summed E-state index contributed by atoms with van der Waals surface area (Å²) in [6.07, 6.45) is 0.922. The number of aryl methyl sites for hydroxylation is 1. The van der Waals surface area contributed by atoms with Gasteiger partial charge >= 0.3 is 12.0 Å². The van der Waals surface area contributed by atoms with Gasteiger partial charge in [-0.15, -0.1) is 11.3 Å². The number of likely N-dealkylation sites (N-methyl/N-ethyl adjacent to an activating group) is 1. The number of aliphatic carboxylic acids is 1. The third-order valence-corrected chi connectivity index (χ3v) is 4.25. The molecule has 19 heavy (non-hydrogen) atoms. The first kappa shape index (κ1) is 15.5. The summed E-state index contributed by atoms with van der Waals surface area (Å²) in [6.45, 7) is 5.49. The summed E-state index contributed by atoms with van der Waals surface area (Å²) in [4.78, 5) is 25.3. The molecule has 1 rings (SSSR count). The van der Waals surface area contributed by atoms with E-state index in [1.54, 1.807) is 11.3 Å². The molecule has 0 saturated heterocycles. The Balaban J connectivity index is 2.63. The molecule has 1 aromatic heterocycles. The van der Waals surface area contributed by atoms with Crippen LogP contribution in [0.1, 0.15) is 31.2 Å². The third kappa shape index (κ3) is 3.47. The summed E-state index contributed by atoms with van der Waals surface area (Å²) in [7, 11) is 1.48. The molecular formula is C13H20N2O3S. The molecule has 0 unspecified atom stereocenters. The number of carbonyl (C=O) groups is 2. The molecule has 0 aliphatic rings. The molecule has 0 bridgehead atoms. The van der Waals surface area contributed by atoms with Crippen LogP contribution in [0.25, 0.3) is 0 Å². The largest absolute Gasteiger partial charge is 0.480 e. The van der Waals surface area contributed by atoms with Crippen LogP contribution in [-0.2, 0) is 17.8 Å². The average Bonchev–Trinajstić information content (AvgIpc) is 2.81. The van der Waals surface area contributed by atoms with Crippen LogP contribution in [0.3, 0.4) is 0 Å². The lowest BCUT2D eigenvalue weighted by Gasteiger charge is -2.31. The number of thiophene rings is 1. The van der Waals surface area contributed by atoms with Crippen LogP contribution in [-0.4, -0.2) is 34.6 Å². The molecular weight excluding hydrogens is 264 g/mol. The van der Waals surface area contributed by atoms with Gasteiger partial charge in [0.25, 0.3) is 0 Å². The minimum atomic E-state index is -1.23. The fourth-order valence-corrected chi connectivity index (χ4v) is 2.42. The van der Waals surface area contributed by atoms with Crippen LogP contribution in [0.4, 0.5) is 4.79 Å². The Bertz CT molecular complexity index is 468. The van der Waals surface area contributed by atoms with Crippen molar-refractivity contribution in [2.75, 3.05) is 7.05 Å². The summed E-state index contributed by atoms with van der Waals surface area (Å²) >= 11 is 1.59. The molecule has 0 aliphatic heterocycles. The summed E-state index contributed by atoms with van der Waals surface area (Å²) in [5.41, 5.74) is -0.0157. The maximum Gasteiger partial charge on any atom is 0.329 e. The number of hydrogen-bond donors (Lipinski definition) is 2. The number of carboxylic acid groups (broad SMARTS) is 1. The number of amides is 2. The molecule has 1 heterocycles. The lowest BCUT2D eigenvalue weighted by atomic mass is 10.1. The van der Waals surface area contributed by atoms with E-state index in [1.165, 1.54) is 31.4 Å². The van der Waals surface area contributed by atoms with Gasteiger partial charge in [-0.3, -0.25) is 0 Å². The van der Waals surface area contributed by atoms with Crippen molar-refractivity contribution in [3.63, 3.8) is 0 Å². The standard InChI is InChI=1S/C13H20N2O3S/c1-5-9-6-7-19-10(9)8-14-12(18)15(4)13(2,3)11(16)17/h6-7H,5,8H2,1-4H3,(H,14,18)(H,16,17). The molecule has 0 spiro atoms. The Hall–Kier alpha value is -1.56. The molecule has 5 nitrogen and oxygen atoms in total. The molecule has 6 heteroatoms. The highest BCUT2D eigenvalue weighted by Gasteiger charge is 2.35. The average molecular weight is 284 g/mol. The number of carbonyl (C=O) groups excluding carboxylic acids is 1. The Kier molecular flexibility index (Phi) is 4.94. The maximum atomic E-state index is 11.9. The fourth-order valence-electron chi connectivity index (χ4n) is 1.51. The molecule has 2 amide bonds. The van der Waals surface area contributed by atoms with Crippen LogP contribution in [0.5, 0.6) is 0 Å². The van der Waals surface area contributed by atoms with Crippen molar-refractivity contribution >= 4 is 23.3 Å².